The molecule has 0 aliphatic carbocycles. The number of nitrogens with one attached hydrogen (secondary N) is 1. The molecule has 0 aliphatic rings. The van der Waals surface area contributed by atoms with Gasteiger partial charge in [-0.25, -0.2) is 0 Å². The molecule has 2 rings (SSSR count). The van der Waals surface area contributed by atoms with Crippen molar-refractivity contribution < 1.29 is 9.90 Å². The van der Waals surface area contributed by atoms with Crippen LogP contribution < -0.4 is 5.32 Å². The molecule has 0 heterocycles. The molecular weight excluding hydrogens is 285 g/mol. The number of carbonyl (C=O) groups excluding carboxylic acids is 1. The van der Waals surface area contributed by atoms with Crippen molar-refractivity contribution in [2.75, 3.05) is 5.32 Å². The van der Waals surface area contributed by atoms with Crippen molar-refractivity contribution in [3.8, 4) is 5.75 Å². The third-order valence-electron chi connectivity index (χ3n) is 2.48. The first-order valence-electron chi connectivity index (χ1n) is 5.57. The molecule has 0 unspecified atom stereocenters. The largest absolute Gasteiger partial charge is 0.508 e. The van der Waals surface area contributed by atoms with Gasteiger partial charge >= 0.3 is 0 Å². The Morgan fingerprint density at radius 1 is 1.16 bits per heavy atom. The first-order valence-corrected chi connectivity index (χ1v) is 6.33. The van der Waals surface area contributed by atoms with Crippen LogP contribution in [0.25, 0.3) is 0 Å². The van der Waals surface area contributed by atoms with Crippen molar-refractivity contribution in [2.45, 2.75) is 6.42 Å². The van der Waals surface area contributed by atoms with Gasteiger partial charge in [0.2, 0.25) is 5.91 Å². The first kappa shape index (κ1) is 13.7. The number of phenolic OH excluding ortho intramolecular Hbond substituents is 1. The van der Waals surface area contributed by atoms with Crippen molar-refractivity contribution in [3.05, 3.63) is 58.1 Å². The SMILES string of the molecule is O=C(Cc1cccc(O)c1)Nc1ccc(Cl)cc1Cl. The molecule has 0 fully saturated rings. The lowest BCUT2D eigenvalue weighted by molar-refractivity contribution is -0.115. The number of phenols is 1. The fourth-order valence-electron chi connectivity index (χ4n) is 1.64. The van der Waals surface area contributed by atoms with Gasteiger partial charge in [0.1, 0.15) is 5.75 Å². The van der Waals surface area contributed by atoms with E-state index in [4.69, 9.17) is 23.2 Å². The number of hydrogen-bond donors (Lipinski definition) is 2. The third-order valence-corrected chi connectivity index (χ3v) is 3.03. The summed E-state index contributed by atoms with van der Waals surface area (Å²) in [6.45, 7) is 0. The predicted octanol–water partition coefficient (Wildman–Crippen LogP) is 3.88. The quantitative estimate of drug-likeness (QED) is 0.903. The molecule has 19 heavy (non-hydrogen) atoms. The average molecular weight is 296 g/mol. The molecule has 2 aromatic carbocycles. The maximum Gasteiger partial charge on any atom is 0.228 e. The number of hydrogen-bond acceptors (Lipinski definition) is 2. The van der Waals surface area contributed by atoms with Crippen LogP contribution in [0.15, 0.2) is 42.5 Å². The van der Waals surface area contributed by atoms with E-state index in [1.165, 1.54) is 0 Å². The van der Waals surface area contributed by atoms with Crippen LogP contribution in [0.1, 0.15) is 5.56 Å². The summed E-state index contributed by atoms with van der Waals surface area (Å²) in [5.41, 5.74) is 1.24. The fraction of sp³-hybridized carbons (Fsp3) is 0.0714. The molecule has 0 saturated carbocycles. The molecule has 0 atom stereocenters. The molecule has 3 nitrogen and oxygen atoms in total. The monoisotopic (exact) mass is 295 g/mol. The highest BCUT2D eigenvalue weighted by Gasteiger charge is 2.07. The van der Waals surface area contributed by atoms with E-state index in [0.29, 0.717) is 15.7 Å². The molecule has 0 bridgehead atoms. The van der Waals surface area contributed by atoms with Crippen LogP contribution in [-0.2, 0) is 11.2 Å². The van der Waals surface area contributed by atoms with Gasteiger partial charge in [-0.1, -0.05) is 35.3 Å². The van der Waals surface area contributed by atoms with Crippen LogP contribution in [0.5, 0.6) is 5.75 Å². The zero-order chi connectivity index (χ0) is 13.8. The van der Waals surface area contributed by atoms with Crippen molar-refractivity contribution in [1.29, 1.82) is 0 Å². The van der Waals surface area contributed by atoms with Crippen LogP contribution in [0.4, 0.5) is 5.69 Å². The van der Waals surface area contributed by atoms with Crippen molar-refractivity contribution in [2.24, 2.45) is 0 Å². The summed E-state index contributed by atoms with van der Waals surface area (Å²) >= 11 is 11.7. The van der Waals surface area contributed by atoms with Gasteiger partial charge in [-0.2, -0.15) is 0 Å². The zero-order valence-electron chi connectivity index (χ0n) is 9.86. The van der Waals surface area contributed by atoms with E-state index >= 15 is 0 Å². The Balaban J connectivity index is 2.05. The van der Waals surface area contributed by atoms with E-state index in [9.17, 15) is 9.90 Å². The molecule has 2 aromatic rings. The highest BCUT2D eigenvalue weighted by Crippen LogP contribution is 2.25. The minimum atomic E-state index is -0.213. The Morgan fingerprint density at radius 2 is 1.95 bits per heavy atom. The van der Waals surface area contributed by atoms with E-state index in [-0.39, 0.29) is 18.1 Å². The summed E-state index contributed by atoms with van der Waals surface area (Å²) in [6, 6.07) is 11.4. The normalized spacial score (nSPS) is 10.2. The van der Waals surface area contributed by atoms with Gasteiger partial charge in [-0.15, -0.1) is 0 Å². The predicted molar refractivity (Wildman–Crippen MR) is 76.9 cm³/mol. The number of aromatic hydroxyl groups is 1. The van der Waals surface area contributed by atoms with E-state index in [0.717, 1.165) is 5.56 Å². The summed E-state index contributed by atoms with van der Waals surface area (Å²) < 4.78 is 0. The first-order chi connectivity index (χ1) is 9.04. The lowest BCUT2D eigenvalue weighted by Crippen LogP contribution is -2.14. The number of amides is 1. The van der Waals surface area contributed by atoms with Crippen LogP contribution in [0.2, 0.25) is 10.0 Å². The Hall–Kier alpha value is -1.71. The summed E-state index contributed by atoms with van der Waals surface area (Å²) in [5, 5.41) is 12.9. The lowest BCUT2D eigenvalue weighted by Gasteiger charge is -2.07. The van der Waals surface area contributed by atoms with Gasteiger partial charge < -0.3 is 10.4 Å². The molecule has 0 spiro atoms. The van der Waals surface area contributed by atoms with E-state index in [1.54, 1.807) is 42.5 Å². The molecule has 0 radical (unpaired) electrons. The smallest absolute Gasteiger partial charge is 0.228 e. The van der Waals surface area contributed by atoms with E-state index in [2.05, 4.69) is 5.32 Å². The second kappa shape index (κ2) is 5.95. The molecule has 0 aromatic heterocycles. The topological polar surface area (TPSA) is 49.3 Å². The number of halogens is 2. The van der Waals surface area contributed by atoms with Gasteiger partial charge in [-0.05, 0) is 35.9 Å². The Morgan fingerprint density at radius 3 is 2.63 bits per heavy atom. The number of carbonyl (C=O) groups is 1. The zero-order valence-corrected chi connectivity index (χ0v) is 11.4. The average Bonchev–Trinajstić information content (AvgIpc) is 2.33. The third kappa shape index (κ3) is 3.88. The summed E-state index contributed by atoms with van der Waals surface area (Å²) in [5.74, 6) is -0.0790. The van der Waals surface area contributed by atoms with Crippen molar-refractivity contribution in [3.63, 3.8) is 0 Å². The molecule has 0 saturated heterocycles. The Kier molecular flexibility index (Phi) is 4.30. The lowest BCUT2D eigenvalue weighted by atomic mass is 10.1. The Labute approximate surface area is 120 Å². The van der Waals surface area contributed by atoms with Gasteiger partial charge in [0.05, 0.1) is 17.1 Å². The molecule has 98 valence electrons. The van der Waals surface area contributed by atoms with Gasteiger partial charge in [-0.3, -0.25) is 4.79 Å². The minimum Gasteiger partial charge on any atom is -0.508 e. The summed E-state index contributed by atoms with van der Waals surface area (Å²) in [6.07, 6.45) is 0.160. The maximum absolute atomic E-state index is 11.8. The van der Waals surface area contributed by atoms with Gasteiger partial charge in [0, 0.05) is 5.02 Å². The molecule has 1 amide bonds. The second-order valence-corrected chi connectivity index (χ2v) is 4.86. The minimum absolute atomic E-state index is 0.134. The second-order valence-electron chi connectivity index (χ2n) is 4.02. The van der Waals surface area contributed by atoms with Gasteiger partial charge in [0.25, 0.3) is 0 Å². The van der Waals surface area contributed by atoms with Crippen molar-refractivity contribution >= 4 is 34.8 Å². The molecule has 2 N–H and O–H groups in total. The molecule has 0 aliphatic heterocycles. The number of benzene rings is 2. The maximum atomic E-state index is 11.8. The standard InChI is InChI=1S/C14H11Cl2NO2/c15-10-4-5-13(12(16)8-10)17-14(19)7-9-2-1-3-11(18)6-9/h1-6,8,18H,7H2,(H,17,19). The van der Waals surface area contributed by atoms with Crippen LogP contribution in [0.3, 0.4) is 0 Å². The fourth-order valence-corrected chi connectivity index (χ4v) is 2.09. The van der Waals surface area contributed by atoms with Crippen molar-refractivity contribution in [1.82, 2.24) is 0 Å². The highest BCUT2D eigenvalue weighted by atomic mass is 35.5. The Bertz CT molecular complexity index is 614. The van der Waals surface area contributed by atoms with E-state index in [1.807, 2.05) is 0 Å². The number of rotatable bonds is 3. The highest BCUT2D eigenvalue weighted by molar-refractivity contribution is 6.36. The molecule has 5 heteroatoms. The van der Waals surface area contributed by atoms with Crippen LogP contribution in [0, 0.1) is 0 Å². The number of anilines is 1. The van der Waals surface area contributed by atoms with E-state index < -0.39 is 0 Å². The molecular formula is C14H11Cl2NO2. The van der Waals surface area contributed by atoms with Gasteiger partial charge in [0.15, 0.2) is 0 Å². The summed E-state index contributed by atoms with van der Waals surface area (Å²) in [4.78, 5) is 11.8. The summed E-state index contributed by atoms with van der Waals surface area (Å²) in [7, 11) is 0. The van der Waals surface area contributed by atoms with Crippen LogP contribution >= 0.6 is 23.2 Å². The van der Waals surface area contributed by atoms with Crippen LogP contribution in [-0.4, -0.2) is 11.0 Å².